The quantitative estimate of drug-likeness (QED) is 0.871. The second kappa shape index (κ2) is 6.47. The smallest absolute Gasteiger partial charge is 0.231 e. The normalized spacial score (nSPS) is 14.2. The molecule has 0 amide bonds. The first-order chi connectivity index (χ1) is 10.3. The summed E-state index contributed by atoms with van der Waals surface area (Å²) >= 11 is 3.54. The van der Waals surface area contributed by atoms with Gasteiger partial charge in [0.15, 0.2) is 11.5 Å². The van der Waals surface area contributed by atoms with Crippen LogP contribution in [0.4, 0.5) is 0 Å². The molecule has 2 aromatic rings. The summed E-state index contributed by atoms with van der Waals surface area (Å²) in [4.78, 5) is 0. The minimum atomic E-state index is -0.0940. The van der Waals surface area contributed by atoms with Gasteiger partial charge >= 0.3 is 0 Å². The number of ether oxygens (including phenoxy) is 2. The fourth-order valence-corrected chi connectivity index (χ4v) is 2.76. The molecule has 0 aromatic heterocycles. The van der Waals surface area contributed by atoms with Gasteiger partial charge in [0.1, 0.15) is 0 Å². The molecule has 0 bridgehead atoms. The molecule has 0 saturated heterocycles. The van der Waals surface area contributed by atoms with Crippen molar-refractivity contribution >= 4 is 15.9 Å². The Morgan fingerprint density at radius 3 is 2.57 bits per heavy atom. The fraction of sp³-hybridized carbons (Fsp3) is 0.250. The van der Waals surface area contributed by atoms with Crippen LogP contribution in [0.5, 0.6) is 11.5 Å². The van der Waals surface area contributed by atoms with Crippen molar-refractivity contribution in [2.24, 2.45) is 0 Å². The van der Waals surface area contributed by atoms with E-state index in [4.69, 9.17) is 9.47 Å². The Morgan fingerprint density at radius 2 is 1.86 bits per heavy atom. The Bertz CT molecular complexity index is 618. The first-order valence-corrected chi connectivity index (χ1v) is 7.54. The maximum absolute atomic E-state index is 9.56. The molecule has 0 aliphatic carbocycles. The summed E-state index contributed by atoms with van der Waals surface area (Å²) in [7, 11) is 0. The number of aliphatic hydroxyl groups is 1. The van der Waals surface area contributed by atoms with E-state index in [9.17, 15) is 5.11 Å². The van der Waals surface area contributed by atoms with Crippen LogP contribution in [0.3, 0.4) is 0 Å². The van der Waals surface area contributed by atoms with Gasteiger partial charge in [-0.3, -0.25) is 0 Å². The van der Waals surface area contributed by atoms with Gasteiger partial charge in [-0.25, -0.2) is 0 Å². The lowest BCUT2D eigenvalue weighted by Gasteiger charge is -2.17. The number of hydrogen-bond acceptors (Lipinski definition) is 4. The second-order valence-electron chi connectivity index (χ2n) is 4.82. The lowest BCUT2D eigenvalue weighted by Crippen LogP contribution is -2.24. The van der Waals surface area contributed by atoms with Crippen molar-refractivity contribution in [2.45, 2.75) is 12.6 Å². The van der Waals surface area contributed by atoms with Gasteiger partial charge in [-0.2, -0.15) is 0 Å². The predicted molar refractivity (Wildman–Crippen MR) is 83.4 cm³/mol. The van der Waals surface area contributed by atoms with Crippen molar-refractivity contribution < 1.29 is 14.6 Å². The Kier molecular flexibility index (Phi) is 4.43. The van der Waals surface area contributed by atoms with Gasteiger partial charge in [0.05, 0.1) is 12.6 Å². The topological polar surface area (TPSA) is 50.7 Å². The number of benzene rings is 2. The standard InChI is InChI=1S/C16H16BrNO3/c17-13-7-16-15(20-10-21-16)6-12(13)8-18-14(9-19)11-4-2-1-3-5-11/h1-7,14,18-19H,8-10H2/t14-/m0/s1. The number of aliphatic hydroxyl groups excluding tert-OH is 1. The van der Waals surface area contributed by atoms with Gasteiger partial charge in [0.2, 0.25) is 6.79 Å². The van der Waals surface area contributed by atoms with E-state index in [-0.39, 0.29) is 19.4 Å². The van der Waals surface area contributed by atoms with E-state index in [1.165, 1.54) is 0 Å². The summed E-state index contributed by atoms with van der Waals surface area (Å²) in [5, 5.41) is 12.9. The average Bonchev–Trinajstić information content (AvgIpc) is 2.96. The molecule has 0 radical (unpaired) electrons. The van der Waals surface area contributed by atoms with Crippen LogP contribution in [0, 0.1) is 0 Å². The second-order valence-corrected chi connectivity index (χ2v) is 5.68. The van der Waals surface area contributed by atoms with Crippen molar-refractivity contribution in [1.29, 1.82) is 0 Å². The monoisotopic (exact) mass is 349 g/mol. The minimum absolute atomic E-state index is 0.0478. The highest BCUT2D eigenvalue weighted by atomic mass is 79.9. The molecule has 110 valence electrons. The largest absolute Gasteiger partial charge is 0.454 e. The third-order valence-electron chi connectivity index (χ3n) is 3.47. The van der Waals surface area contributed by atoms with Gasteiger partial charge < -0.3 is 19.9 Å². The van der Waals surface area contributed by atoms with E-state index in [1.807, 2.05) is 42.5 Å². The molecule has 2 N–H and O–H groups in total. The Morgan fingerprint density at radius 1 is 1.14 bits per heavy atom. The number of halogens is 1. The molecule has 1 aliphatic rings. The zero-order valence-corrected chi connectivity index (χ0v) is 13.0. The number of hydrogen-bond donors (Lipinski definition) is 2. The molecule has 1 atom stereocenters. The molecule has 0 spiro atoms. The van der Waals surface area contributed by atoms with Gasteiger partial charge in [0, 0.05) is 11.0 Å². The Labute approximate surface area is 131 Å². The summed E-state index contributed by atoms with van der Waals surface area (Å²) in [6.45, 7) is 0.936. The molecule has 21 heavy (non-hydrogen) atoms. The summed E-state index contributed by atoms with van der Waals surface area (Å²) in [6, 6.07) is 13.7. The van der Waals surface area contributed by atoms with Crippen molar-refractivity contribution in [3.8, 4) is 11.5 Å². The zero-order chi connectivity index (χ0) is 14.7. The van der Waals surface area contributed by atoms with Crippen LogP contribution in [-0.4, -0.2) is 18.5 Å². The van der Waals surface area contributed by atoms with E-state index in [0.29, 0.717) is 6.54 Å². The molecule has 0 unspecified atom stereocenters. The van der Waals surface area contributed by atoms with Crippen molar-refractivity contribution in [3.63, 3.8) is 0 Å². The number of fused-ring (bicyclic) bond motifs is 1. The maximum Gasteiger partial charge on any atom is 0.231 e. The minimum Gasteiger partial charge on any atom is -0.454 e. The maximum atomic E-state index is 9.56. The van der Waals surface area contributed by atoms with Crippen LogP contribution in [0.2, 0.25) is 0 Å². The average molecular weight is 350 g/mol. The van der Waals surface area contributed by atoms with Crippen molar-refractivity contribution in [3.05, 3.63) is 58.1 Å². The van der Waals surface area contributed by atoms with Crippen LogP contribution >= 0.6 is 15.9 Å². The zero-order valence-electron chi connectivity index (χ0n) is 11.4. The lowest BCUT2D eigenvalue weighted by atomic mass is 10.1. The van der Waals surface area contributed by atoms with Crippen LogP contribution in [0.1, 0.15) is 17.2 Å². The third-order valence-corrected chi connectivity index (χ3v) is 4.20. The number of nitrogens with one attached hydrogen (secondary N) is 1. The van der Waals surface area contributed by atoms with E-state index in [0.717, 1.165) is 27.1 Å². The third kappa shape index (κ3) is 3.20. The molecule has 0 saturated carbocycles. The lowest BCUT2D eigenvalue weighted by molar-refractivity contribution is 0.174. The molecular formula is C16H16BrNO3. The van der Waals surface area contributed by atoms with Crippen LogP contribution < -0.4 is 14.8 Å². The molecule has 0 fully saturated rings. The highest BCUT2D eigenvalue weighted by Gasteiger charge is 2.17. The summed E-state index contributed by atoms with van der Waals surface area (Å²) in [5.41, 5.74) is 2.13. The fourth-order valence-electron chi connectivity index (χ4n) is 2.30. The Balaban J connectivity index is 1.72. The van der Waals surface area contributed by atoms with Crippen LogP contribution in [0.25, 0.3) is 0 Å². The first-order valence-electron chi connectivity index (χ1n) is 6.75. The molecule has 1 aliphatic heterocycles. The van der Waals surface area contributed by atoms with Gasteiger partial charge in [-0.05, 0) is 23.3 Å². The van der Waals surface area contributed by atoms with Crippen LogP contribution in [-0.2, 0) is 6.54 Å². The van der Waals surface area contributed by atoms with Crippen molar-refractivity contribution in [1.82, 2.24) is 5.32 Å². The highest BCUT2D eigenvalue weighted by molar-refractivity contribution is 9.10. The SMILES string of the molecule is OC[C@H](NCc1cc2c(cc1Br)OCO2)c1ccccc1. The van der Waals surface area contributed by atoms with E-state index in [2.05, 4.69) is 21.2 Å². The molecular weight excluding hydrogens is 334 g/mol. The first kappa shape index (κ1) is 14.4. The summed E-state index contributed by atoms with van der Waals surface area (Å²) < 4.78 is 11.7. The molecule has 1 heterocycles. The predicted octanol–water partition coefficient (Wildman–Crippen LogP) is 3.00. The molecule has 3 rings (SSSR count). The van der Waals surface area contributed by atoms with Crippen molar-refractivity contribution in [2.75, 3.05) is 13.4 Å². The molecule has 5 heteroatoms. The summed E-state index contributed by atoms with van der Waals surface area (Å²) in [5.74, 6) is 1.52. The Hall–Kier alpha value is -1.56. The summed E-state index contributed by atoms with van der Waals surface area (Å²) in [6.07, 6.45) is 0. The molecule has 2 aromatic carbocycles. The van der Waals surface area contributed by atoms with E-state index in [1.54, 1.807) is 0 Å². The number of rotatable bonds is 5. The van der Waals surface area contributed by atoms with Gasteiger partial charge in [0.25, 0.3) is 0 Å². The highest BCUT2D eigenvalue weighted by Crippen LogP contribution is 2.37. The van der Waals surface area contributed by atoms with Gasteiger partial charge in [-0.15, -0.1) is 0 Å². The molecule has 4 nitrogen and oxygen atoms in total. The van der Waals surface area contributed by atoms with E-state index < -0.39 is 0 Å². The van der Waals surface area contributed by atoms with E-state index >= 15 is 0 Å². The van der Waals surface area contributed by atoms with Gasteiger partial charge in [-0.1, -0.05) is 46.3 Å². The van der Waals surface area contributed by atoms with Crippen LogP contribution in [0.15, 0.2) is 46.9 Å².